The molecule has 2 amide bonds. The average Bonchev–Trinajstić information content (AvgIpc) is 3.10. The van der Waals surface area contributed by atoms with Crippen LogP contribution in [0.5, 0.6) is 0 Å². The second-order valence-electron chi connectivity index (χ2n) is 12.9. The molecule has 0 bridgehead atoms. The highest BCUT2D eigenvalue weighted by Crippen LogP contribution is 2.38. The Bertz CT molecular complexity index is 1540. The molecule has 1 aromatic heterocycles. The number of piperidine rings is 2. The molecule has 1 aliphatic carbocycles. The minimum absolute atomic E-state index is 0.166. The van der Waals surface area contributed by atoms with Gasteiger partial charge < -0.3 is 30.0 Å². The predicted molar refractivity (Wildman–Crippen MR) is 191 cm³/mol. The summed E-state index contributed by atoms with van der Waals surface area (Å²) in [6.45, 7) is 3.81. The molecule has 0 atom stereocenters. The zero-order chi connectivity index (χ0) is 33.3. The van der Waals surface area contributed by atoms with Crippen molar-refractivity contribution >= 4 is 46.9 Å². The second-order valence-corrected chi connectivity index (χ2v) is 14.1. The highest BCUT2D eigenvalue weighted by atomic mass is 32.2. The molecule has 2 aliphatic heterocycles. The van der Waals surface area contributed by atoms with Crippen LogP contribution in [-0.4, -0.2) is 72.7 Å². The number of anilines is 3. The fourth-order valence-electron chi connectivity index (χ4n) is 6.54. The van der Waals surface area contributed by atoms with Crippen molar-refractivity contribution in [2.45, 2.75) is 56.8 Å². The van der Waals surface area contributed by atoms with Crippen molar-refractivity contribution in [1.82, 2.24) is 14.6 Å². The number of methoxy groups -OCH3 is 1. The zero-order valence-corrected chi connectivity index (χ0v) is 28.5. The topological polar surface area (TPSA) is 120 Å². The maximum Gasteiger partial charge on any atom is 0.410 e. The number of carbonyl (C=O) groups is 2. The summed E-state index contributed by atoms with van der Waals surface area (Å²) in [5.74, 6) is 0.982. The second kappa shape index (κ2) is 16.3. The van der Waals surface area contributed by atoms with E-state index in [1.54, 1.807) is 12.0 Å². The summed E-state index contributed by atoms with van der Waals surface area (Å²) in [6.07, 6.45) is 6.30. The van der Waals surface area contributed by atoms with E-state index in [-0.39, 0.29) is 29.8 Å². The summed E-state index contributed by atoms with van der Waals surface area (Å²) in [4.78, 5) is 35.3. The van der Waals surface area contributed by atoms with Crippen molar-refractivity contribution in [2.24, 2.45) is 11.8 Å². The molecular weight excluding hydrogens is 625 g/mol. The zero-order valence-electron chi connectivity index (χ0n) is 27.7. The minimum Gasteiger partial charge on any atom is -0.445 e. The van der Waals surface area contributed by atoms with Crippen LogP contribution in [0.1, 0.15) is 66.6 Å². The first kappa shape index (κ1) is 33.8. The number of hydrogen-bond donors (Lipinski definition) is 3. The van der Waals surface area contributed by atoms with Gasteiger partial charge in [-0.3, -0.25) is 9.52 Å². The summed E-state index contributed by atoms with van der Waals surface area (Å²) in [5.41, 5.74) is 4.43. The van der Waals surface area contributed by atoms with Gasteiger partial charge in [-0.25, -0.2) is 9.78 Å². The molecule has 3 aromatic rings. The number of benzene rings is 2. The number of nitrogens with zero attached hydrogens (tertiary/aromatic N) is 3. The molecule has 0 radical (unpaired) electrons. The number of nitrogens with one attached hydrogen (secondary N) is 3. The van der Waals surface area contributed by atoms with Crippen LogP contribution in [0.25, 0.3) is 0 Å². The molecule has 2 saturated heterocycles. The number of ether oxygens (including phenoxy) is 2. The van der Waals surface area contributed by atoms with Crippen molar-refractivity contribution in [3.63, 3.8) is 0 Å². The number of likely N-dealkylation sites (tertiary alicyclic amines) is 1. The maximum atomic E-state index is 13.7. The first-order valence-electron chi connectivity index (χ1n) is 17.1. The summed E-state index contributed by atoms with van der Waals surface area (Å²) in [6, 6.07) is 21.4. The molecule has 254 valence electrons. The average molecular weight is 671 g/mol. The number of amides is 2. The van der Waals surface area contributed by atoms with Crippen LogP contribution >= 0.6 is 11.9 Å². The normalized spacial score (nSPS) is 17.4. The Morgan fingerprint density at radius 3 is 2.27 bits per heavy atom. The van der Waals surface area contributed by atoms with Crippen LogP contribution < -0.4 is 14.9 Å². The molecule has 48 heavy (non-hydrogen) atoms. The Morgan fingerprint density at radius 1 is 0.938 bits per heavy atom. The van der Waals surface area contributed by atoms with Crippen molar-refractivity contribution in [3.8, 4) is 0 Å². The minimum atomic E-state index is -0.305. The fraction of sp³-hybridized carbons (Fsp3) is 0.459. The Balaban J connectivity index is 1.15. The summed E-state index contributed by atoms with van der Waals surface area (Å²) < 4.78 is 14.0. The fourth-order valence-corrected chi connectivity index (χ4v) is 7.37. The van der Waals surface area contributed by atoms with Crippen molar-refractivity contribution in [2.75, 3.05) is 50.1 Å². The molecule has 3 fully saturated rings. The van der Waals surface area contributed by atoms with Crippen molar-refractivity contribution in [1.29, 1.82) is 5.41 Å². The van der Waals surface area contributed by atoms with E-state index in [0.29, 0.717) is 36.2 Å². The molecule has 0 unspecified atom stereocenters. The molecule has 3 aliphatic rings. The van der Waals surface area contributed by atoms with E-state index in [0.717, 1.165) is 87.1 Å². The first-order chi connectivity index (χ1) is 23.5. The van der Waals surface area contributed by atoms with Gasteiger partial charge in [0.25, 0.3) is 5.91 Å². The van der Waals surface area contributed by atoms with Gasteiger partial charge in [-0.05, 0) is 80.2 Å². The Hall–Kier alpha value is -4.09. The number of para-hydroxylation sites is 1. The third-order valence-corrected chi connectivity index (χ3v) is 10.7. The Labute approximate surface area is 287 Å². The van der Waals surface area contributed by atoms with Crippen LogP contribution in [0.2, 0.25) is 0 Å². The monoisotopic (exact) mass is 670 g/mol. The van der Waals surface area contributed by atoms with E-state index in [4.69, 9.17) is 14.5 Å². The van der Waals surface area contributed by atoms with Gasteiger partial charge >= 0.3 is 6.09 Å². The lowest BCUT2D eigenvalue weighted by Gasteiger charge is -2.36. The van der Waals surface area contributed by atoms with Crippen LogP contribution in [0, 0.1) is 17.2 Å². The lowest BCUT2D eigenvalue weighted by molar-refractivity contribution is 0.0897. The molecule has 6 rings (SSSR count). The highest BCUT2D eigenvalue weighted by molar-refractivity contribution is 7.98. The molecule has 0 spiro atoms. The van der Waals surface area contributed by atoms with Crippen molar-refractivity contribution in [3.05, 3.63) is 83.6 Å². The Morgan fingerprint density at radius 2 is 1.62 bits per heavy atom. The van der Waals surface area contributed by atoms with E-state index < -0.39 is 0 Å². The first-order valence-corrected chi connectivity index (χ1v) is 18.0. The van der Waals surface area contributed by atoms with E-state index in [2.05, 4.69) is 14.9 Å². The van der Waals surface area contributed by atoms with Crippen molar-refractivity contribution < 1.29 is 19.1 Å². The quantitative estimate of drug-likeness (QED) is 0.139. The van der Waals surface area contributed by atoms with E-state index >= 15 is 0 Å². The van der Waals surface area contributed by atoms with Gasteiger partial charge in [0.15, 0.2) is 0 Å². The van der Waals surface area contributed by atoms with Gasteiger partial charge in [-0.15, -0.1) is 0 Å². The van der Waals surface area contributed by atoms with Gasteiger partial charge in [0.05, 0.1) is 11.3 Å². The molecule has 1 saturated carbocycles. The lowest BCUT2D eigenvalue weighted by atomic mass is 9.79. The van der Waals surface area contributed by atoms with Gasteiger partial charge in [0, 0.05) is 62.5 Å². The number of hydrogen-bond acceptors (Lipinski definition) is 9. The summed E-state index contributed by atoms with van der Waals surface area (Å²) in [7, 11) is 1.75. The smallest absolute Gasteiger partial charge is 0.410 e. The van der Waals surface area contributed by atoms with Gasteiger partial charge in [-0.1, -0.05) is 55.0 Å². The predicted octanol–water partition coefficient (Wildman–Crippen LogP) is 7.04. The van der Waals surface area contributed by atoms with Crippen LogP contribution in [0.4, 0.5) is 22.0 Å². The molecule has 2 aromatic carbocycles. The van der Waals surface area contributed by atoms with Crippen LogP contribution in [0.3, 0.4) is 0 Å². The molecule has 3 heterocycles. The third-order valence-electron chi connectivity index (χ3n) is 9.63. The van der Waals surface area contributed by atoms with Crippen LogP contribution in [-0.2, 0) is 16.1 Å². The maximum absolute atomic E-state index is 13.7. The largest absolute Gasteiger partial charge is 0.445 e. The van der Waals surface area contributed by atoms with E-state index in [1.807, 2.05) is 66.7 Å². The lowest BCUT2D eigenvalue weighted by Crippen LogP contribution is -2.40. The number of carbonyl (C=O) groups excluding carboxylic acids is 2. The Kier molecular flexibility index (Phi) is 11.5. The molecule has 11 heteroatoms. The highest BCUT2D eigenvalue weighted by Gasteiger charge is 2.32. The SMILES string of the molecule is COCC1CCN(c2cc(C(=O)NSC3CCN(C(=O)OCc4ccccc4)CC3)nc(Nc3ccccc3)c2C(=N)C2CCC2)CC1. The van der Waals surface area contributed by atoms with Gasteiger partial charge in [0.2, 0.25) is 0 Å². The number of aromatic nitrogens is 1. The number of pyridine rings is 1. The summed E-state index contributed by atoms with van der Waals surface area (Å²) >= 11 is 1.40. The third kappa shape index (κ3) is 8.49. The van der Waals surface area contributed by atoms with Gasteiger partial charge in [0.1, 0.15) is 18.1 Å². The van der Waals surface area contributed by atoms with E-state index in [1.165, 1.54) is 11.9 Å². The van der Waals surface area contributed by atoms with Gasteiger partial charge in [-0.2, -0.15) is 0 Å². The molecular formula is C37H46N6O4S. The number of rotatable bonds is 12. The molecule has 10 nitrogen and oxygen atoms in total. The van der Waals surface area contributed by atoms with Crippen LogP contribution in [0.15, 0.2) is 66.7 Å². The standard InChI is InChI=1S/C37H46N6O4S/c1-46-24-27-15-19-42(20-16-27)32-23-31(40-35(39-29-13-6-3-7-14-29)33(32)34(38)28-11-8-12-28)36(44)41-48-30-17-21-43(22-18-30)37(45)47-25-26-9-4-2-5-10-26/h2-7,9-10,13-14,23,27-28,30,38H,8,11-12,15-22,24-25H2,1H3,(H,39,40)(H,41,44). The molecule has 3 N–H and O–H groups in total. The summed E-state index contributed by atoms with van der Waals surface area (Å²) in [5, 5.41) is 12.9. The van der Waals surface area contributed by atoms with E-state index in [9.17, 15) is 15.0 Å².